The van der Waals surface area contributed by atoms with Gasteiger partial charge in [0.1, 0.15) is 5.60 Å². The molecule has 1 unspecified atom stereocenters. The fourth-order valence-electron chi connectivity index (χ4n) is 4.27. The number of nitrogens with one attached hydrogen (secondary N) is 1. The Kier molecular flexibility index (Phi) is 5.47. The lowest BCUT2D eigenvalue weighted by atomic mass is 9.90. The van der Waals surface area contributed by atoms with Crippen LogP contribution >= 0.6 is 0 Å². The van der Waals surface area contributed by atoms with E-state index in [9.17, 15) is 9.59 Å². The van der Waals surface area contributed by atoms with E-state index in [1.165, 1.54) is 0 Å². The molecule has 156 valence electrons. The van der Waals surface area contributed by atoms with Crippen molar-refractivity contribution < 1.29 is 14.3 Å². The van der Waals surface area contributed by atoms with Gasteiger partial charge < -0.3 is 15.0 Å². The summed E-state index contributed by atoms with van der Waals surface area (Å²) in [6, 6.07) is 0. The molecule has 1 N–H and O–H groups in total. The van der Waals surface area contributed by atoms with E-state index in [2.05, 4.69) is 24.3 Å². The molecular weight excluding hydrogens is 356 g/mol. The highest BCUT2D eigenvalue weighted by Crippen LogP contribution is 2.40. The molecule has 2 amide bonds. The Morgan fingerprint density at radius 2 is 2.04 bits per heavy atom. The molecule has 0 aromatic carbocycles. The summed E-state index contributed by atoms with van der Waals surface area (Å²) in [6.45, 7) is 11.5. The first-order chi connectivity index (χ1) is 13.0. The van der Waals surface area contributed by atoms with Gasteiger partial charge in [0.25, 0.3) is 0 Å². The van der Waals surface area contributed by atoms with Gasteiger partial charge in [0.2, 0.25) is 5.91 Å². The number of aryl methyl sites for hydroxylation is 1. The SMILES string of the molecule is Cn1nc(CNC(=O)C2CCC(C)(C)C2)c2c1CCN(C(=O)OC(C)(C)C)C2. The molecule has 1 fully saturated rings. The first-order valence-corrected chi connectivity index (χ1v) is 10.2. The van der Waals surface area contributed by atoms with Crippen LogP contribution in [0, 0.1) is 11.3 Å². The van der Waals surface area contributed by atoms with Gasteiger partial charge in [0.15, 0.2) is 0 Å². The van der Waals surface area contributed by atoms with Gasteiger partial charge in [-0.05, 0) is 45.4 Å². The number of fused-ring (bicyclic) bond motifs is 1. The van der Waals surface area contributed by atoms with Gasteiger partial charge in [-0.1, -0.05) is 13.8 Å². The van der Waals surface area contributed by atoms with E-state index in [-0.39, 0.29) is 23.3 Å². The van der Waals surface area contributed by atoms with Crippen LogP contribution in [0.25, 0.3) is 0 Å². The first-order valence-electron chi connectivity index (χ1n) is 10.2. The minimum Gasteiger partial charge on any atom is -0.444 e. The average Bonchev–Trinajstić information content (AvgIpc) is 3.10. The summed E-state index contributed by atoms with van der Waals surface area (Å²) in [7, 11) is 1.92. The number of hydrogen-bond acceptors (Lipinski definition) is 4. The number of ether oxygens (including phenoxy) is 1. The number of hydrogen-bond donors (Lipinski definition) is 1. The van der Waals surface area contributed by atoms with Gasteiger partial charge in [-0.25, -0.2) is 4.79 Å². The maximum Gasteiger partial charge on any atom is 0.410 e. The van der Waals surface area contributed by atoms with Gasteiger partial charge in [0.05, 0.1) is 18.8 Å². The average molecular weight is 391 g/mol. The maximum atomic E-state index is 12.6. The Balaban J connectivity index is 1.65. The van der Waals surface area contributed by atoms with Gasteiger partial charge in [-0.2, -0.15) is 5.10 Å². The van der Waals surface area contributed by atoms with Crippen molar-refractivity contribution in [3.63, 3.8) is 0 Å². The molecule has 1 atom stereocenters. The van der Waals surface area contributed by atoms with E-state index in [0.29, 0.717) is 19.6 Å². The zero-order valence-corrected chi connectivity index (χ0v) is 18.1. The highest BCUT2D eigenvalue weighted by Gasteiger charge is 2.35. The van der Waals surface area contributed by atoms with Crippen molar-refractivity contribution in [2.24, 2.45) is 18.4 Å². The van der Waals surface area contributed by atoms with Crippen LogP contribution in [0.3, 0.4) is 0 Å². The van der Waals surface area contributed by atoms with Crippen LogP contribution < -0.4 is 5.32 Å². The summed E-state index contributed by atoms with van der Waals surface area (Å²) in [5.41, 5.74) is 2.74. The standard InChI is InChI=1S/C21H34N4O3/c1-20(2,3)28-19(27)25-10-8-17-15(13-25)16(23-24(17)6)12-22-18(26)14-7-9-21(4,5)11-14/h14H,7-13H2,1-6H3,(H,22,26). The second-order valence-electron chi connectivity index (χ2n) is 9.97. The number of amides is 2. The molecule has 7 nitrogen and oxygen atoms in total. The number of carbonyl (C=O) groups excluding carboxylic acids is 2. The molecule has 1 aromatic heterocycles. The molecule has 0 bridgehead atoms. The summed E-state index contributed by atoms with van der Waals surface area (Å²) in [5.74, 6) is 0.206. The number of aromatic nitrogens is 2. The van der Waals surface area contributed by atoms with Gasteiger partial charge in [-0.3, -0.25) is 9.48 Å². The summed E-state index contributed by atoms with van der Waals surface area (Å²) in [6.07, 6.45) is 3.42. The Morgan fingerprint density at radius 3 is 2.64 bits per heavy atom. The lowest BCUT2D eigenvalue weighted by Crippen LogP contribution is -2.40. The summed E-state index contributed by atoms with van der Waals surface area (Å²) in [4.78, 5) is 26.8. The van der Waals surface area contributed by atoms with Gasteiger partial charge in [0, 0.05) is 37.2 Å². The molecule has 0 spiro atoms. The van der Waals surface area contributed by atoms with Crippen molar-refractivity contribution in [2.75, 3.05) is 6.54 Å². The monoisotopic (exact) mass is 390 g/mol. The summed E-state index contributed by atoms with van der Waals surface area (Å²) < 4.78 is 7.39. The molecule has 2 heterocycles. The van der Waals surface area contributed by atoms with Crippen molar-refractivity contribution >= 4 is 12.0 Å². The third kappa shape index (κ3) is 4.67. The Bertz CT molecular complexity index is 760. The van der Waals surface area contributed by atoms with Crippen LogP contribution in [0.5, 0.6) is 0 Å². The van der Waals surface area contributed by atoms with Gasteiger partial charge >= 0.3 is 6.09 Å². The minimum atomic E-state index is -0.516. The number of nitrogens with zero attached hydrogens (tertiary/aromatic N) is 3. The number of carbonyl (C=O) groups is 2. The van der Waals surface area contributed by atoms with E-state index in [1.807, 2.05) is 32.5 Å². The van der Waals surface area contributed by atoms with E-state index in [1.54, 1.807) is 4.90 Å². The highest BCUT2D eigenvalue weighted by atomic mass is 16.6. The van der Waals surface area contributed by atoms with Crippen molar-refractivity contribution in [3.05, 3.63) is 17.0 Å². The number of rotatable bonds is 3. The third-order valence-electron chi connectivity index (χ3n) is 5.75. The third-order valence-corrected chi connectivity index (χ3v) is 5.75. The largest absolute Gasteiger partial charge is 0.444 e. The second kappa shape index (κ2) is 7.41. The molecular formula is C21H34N4O3. The minimum absolute atomic E-state index is 0.0906. The van der Waals surface area contributed by atoms with Crippen LogP contribution in [-0.2, 0) is 36.1 Å². The first kappa shape index (κ1) is 20.7. The second-order valence-corrected chi connectivity index (χ2v) is 9.97. The van der Waals surface area contributed by atoms with Gasteiger partial charge in [-0.15, -0.1) is 0 Å². The normalized spacial score (nSPS) is 21.4. The highest BCUT2D eigenvalue weighted by molar-refractivity contribution is 5.79. The Labute approximate surface area is 167 Å². The van der Waals surface area contributed by atoms with E-state index in [0.717, 1.165) is 42.6 Å². The quantitative estimate of drug-likeness (QED) is 0.860. The molecule has 2 aliphatic rings. The predicted molar refractivity (Wildman–Crippen MR) is 107 cm³/mol. The predicted octanol–water partition coefficient (Wildman–Crippen LogP) is 3.16. The lowest BCUT2D eigenvalue weighted by molar-refractivity contribution is -0.125. The van der Waals surface area contributed by atoms with Crippen molar-refractivity contribution in [3.8, 4) is 0 Å². The van der Waals surface area contributed by atoms with Crippen LogP contribution in [0.4, 0.5) is 4.79 Å². The van der Waals surface area contributed by atoms with Crippen LogP contribution in [0.1, 0.15) is 70.8 Å². The topological polar surface area (TPSA) is 76.5 Å². The summed E-state index contributed by atoms with van der Waals surface area (Å²) in [5, 5.41) is 7.69. The molecule has 1 aromatic rings. The van der Waals surface area contributed by atoms with Crippen molar-refractivity contribution in [2.45, 2.75) is 79.0 Å². The van der Waals surface area contributed by atoms with Crippen molar-refractivity contribution in [1.82, 2.24) is 20.0 Å². The zero-order valence-electron chi connectivity index (χ0n) is 18.1. The van der Waals surface area contributed by atoms with Crippen LogP contribution in [0.15, 0.2) is 0 Å². The molecule has 3 rings (SSSR count). The van der Waals surface area contributed by atoms with E-state index >= 15 is 0 Å². The molecule has 1 aliphatic heterocycles. The molecule has 0 radical (unpaired) electrons. The smallest absolute Gasteiger partial charge is 0.410 e. The Hall–Kier alpha value is -2.05. The van der Waals surface area contributed by atoms with E-state index in [4.69, 9.17) is 4.74 Å². The van der Waals surface area contributed by atoms with Crippen molar-refractivity contribution in [1.29, 1.82) is 0 Å². The fraction of sp³-hybridized carbons (Fsp3) is 0.762. The Morgan fingerprint density at radius 1 is 1.32 bits per heavy atom. The molecule has 1 saturated carbocycles. The molecule has 28 heavy (non-hydrogen) atoms. The molecule has 0 saturated heterocycles. The maximum absolute atomic E-state index is 12.6. The van der Waals surface area contributed by atoms with E-state index < -0.39 is 5.60 Å². The molecule has 1 aliphatic carbocycles. The van der Waals surface area contributed by atoms with Crippen LogP contribution in [0.2, 0.25) is 0 Å². The zero-order chi connectivity index (χ0) is 20.7. The fourth-order valence-corrected chi connectivity index (χ4v) is 4.27. The summed E-state index contributed by atoms with van der Waals surface area (Å²) >= 11 is 0. The molecule has 7 heteroatoms. The lowest BCUT2D eigenvalue weighted by Gasteiger charge is -2.30. The van der Waals surface area contributed by atoms with Crippen LogP contribution in [-0.4, -0.2) is 38.8 Å².